The Hall–Kier alpha value is -1.04. The summed E-state index contributed by atoms with van der Waals surface area (Å²) in [6, 6.07) is 6.76. The SMILES string of the molecule is CC1CC(C)CC(OCCOc2ccc(B(O)O)cc2)C1. The topological polar surface area (TPSA) is 58.9 Å². The van der Waals surface area contributed by atoms with Gasteiger partial charge < -0.3 is 19.5 Å². The summed E-state index contributed by atoms with van der Waals surface area (Å²) < 4.78 is 11.5. The number of hydrogen-bond acceptors (Lipinski definition) is 4. The van der Waals surface area contributed by atoms with Gasteiger partial charge in [-0.15, -0.1) is 0 Å². The van der Waals surface area contributed by atoms with E-state index >= 15 is 0 Å². The molecule has 5 heteroatoms. The summed E-state index contributed by atoms with van der Waals surface area (Å²) in [7, 11) is -1.43. The zero-order valence-corrected chi connectivity index (χ0v) is 12.9. The molecule has 1 aliphatic carbocycles. The van der Waals surface area contributed by atoms with E-state index in [4.69, 9.17) is 19.5 Å². The Morgan fingerprint density at radius 2 is 1.62 bits per heavy atom. The van der Waals surface area contributed by atoms with Crippen molar-refractivity contribution in [1.29, 1.82) is 0 Å². The first-order chi connectivity index (χ1) is 10.0. The highest BCUT2D eigenvalue weighted by atomic mass is 16.5. The van der Waals surface area contributed by atoms with Gasteiger partial charge in [-0.3, -0.25) is 0 Å². The fourth-order valence-electron chi connectivity index (χ4n) is 3.12. The lowest BCUT2D eigenvalue weighted by Gasteiger charge is -2.31. The van der Waals surface area contributed by atoms with Gasteiger partial charge in [0.15, 0.2) is 0 Å². The van der Waals surface area contributed by atoms with Crippen LogP contribution in [-0.4, -0.2) is 36.5 Å². The van der Waals surface area contributed by atoms with Crippen molar-refractivity contribution in [2.24, 2.45) is 11.8 Å². The van der Waals surface area contributed by atoms with E-state index in [2.05, 4.69) is 13.8 Å². The Balaban J connectivity index is 1.67. The lowest BCUT2D eigenvalue weighted by molar-refractivity contribution is -0.0107. The molecular formula is C16H25BO4. The number of rotatable bonds is 6. The first kappa shape index (κ1) is 16.3. The Morgan fingerprint density at radius 1 is 1.00 bits per heavy atom. The Morgan fingerprint density at radius 3 is 2.19 bits per heavy atom. The van der Waals surface area contributed by atoms with Crippen LogP contribution in [0.3, 0.4) is 0 Å². The first-order valence-corrected chi connectivity index (χ1v) is 7.75. The zero-order chi connectivity index (χ0) is 15.2. The first-order valence-electron chi connectivity index (χ1n) is 7.75. The van der Waals surface area contributed by atoms with Gasteiger partial charge in [0, 0.05) is 0 Å². The Bertz CT molecular complexity index is 411. The van der Waals surface area contributed by atoms with Gasteiger partial charge in [0.1, 0.15) is 12.4 Å². The summed E-state index contributed by atoms with van der Waals surface area (Å²) >= 11 is 0. The number of ether oxygens (including phenoxy) is 2. The molecular weight excluding hydrogens is 267 g/mol. The van der Waals surface area contributed by atoms with E-state index in [1.165, 1.54) is 6.42 Å². The average molecular weight is 292 g/mol. The molecule has 0 amide bonds. The predicted octanol–water partition coefficient (Wildman–Crippen LogP) is 1.59. The molecule has 0 heterocycles. The third-order valence-electron chi connectivity index (χ3n) is 4.02. The average Bonchev–Trinajstić information content (AvgIpc) is 2.43. The van der Waals surface area contributed by atoms with Crippen LogP contribution in [0.1, 0.15) is 33.1 Å². The van der Waals surface area contributed by atoms with Crippen molar-refractivity contribution in [3.8, 4) is 5.75 Å². The van der Waals surface area contributed by atoms with Crippen molar-refractivity contribution in [3.63, 3.8) is 0 Å². The maximum atomic E-state index is 9.01. The molecule has 0 radical (unpaired) electrons. The molecule has 1 saturated carbocycles. The lowest BCUT2D eigenvalue weighted by Crippen LogP contribution is -2.29. The summed E-state index contributed by atoms with van der Waals surface area (Å²) in [6.07, 6.45) is 3.96. The van der Waals surface area contributed by atoms with Crippen molar-refractivity contribution in [2.75, 3.05) is 13.2 Å². The molecule has 0 aliphatic heterocycles. The van der Waals surface area contributed by atoms with Crippen LogP contribution in [0.25, 0.3) is 0 Å². The van der Waals surface area contributed by atoms with E-state index in [0.29, 0.717) is 30.5 Å². The minimum Gasteiger partial charge on any atom is -0.491 e. The maximum absolute atomic E-state index is 9.01. The van der Waals surface area contributed by atoms with Crippen molar-refractivity contribution < 1.29 is 19.5 Å². The third-order valence-corrected chi connectivity index (χ3v) is 4.02. The fourth-order valence-corrected chi connectivity index (χ4v) is 3.12. The van der Waals surface area contributed by atoms with Gasteiger partial charge in [-0.05, 0) is 48.7 Å². The minimum atomic E-state index is -1.43. The second-order valence-electron chi connectivity index (χ2n) is 6.20. The van der Waals surface area contributed by atoms with Crippen molar-refractivity contribution in [2.45, 2.75) is 39.2 Å². The van der Waals surface area contributed by atoms with Gasteiger partial charge in [0.25, 0.3) is 0 Å². The summed E-state index contributed by atoms with van der Waals surface area (Å²) in [5, 5.41) is 18.0. The van der Waals surface area contributed by atoms with E-state index in [9.17, 15) is 0 Å². The molecule has 0 aromatic heterocycles. The smallest absolute Gasteiger partial charge is 0.488 e. The second-order valence-corrected chi connectivity index (χ2v) is 6.20. The zero-order valence-electron chi connectivity index (χ0n) is 12.9. The molecule has 2 rings (SSSR count). The fraction of sp³-hybridized carbons (Fsp3) is 0.625. The van der Waals surface area contributed by atoms with Crippen molar-refractivity contribution in [1.82, 2.24) is 0 Å². The molecule has 1 aromatic carbocycles. The van der Waals surface area contributed by atoms with E-state index in [1.54, 1.807) is 24.3 Å². The highest BCUT2D eigenvalue weighted by molar-refractivity contribution is 6.58. The molecule has 4 nitrogen and oxygen atoms in total. The van der Waals surface area contributed by atoms with Crippen LogP contribution in [0.4, 0.5) is 0 Å². The van der Waals surface area contributed by atoms with Crippen molar-refractivity contribution in [3.05, 3.63) is 24.3 Å². The van der Waals surface area contributed by atoms with Gasteiger partial charge >= 0.3 is 7.12 Å². The largest absolute Gasteiger partial charge is 0.491 e. The molecule has 2 atom stereocenters. The van der Waals surface area contributed by atoms with Crippen LogP contribution in [0.5, 0.6) is 5.75 Å². The molecule has 0 saturated heterocycles. The van der Waals surface area contributed by atoms with Gasteiger partial charge in [-0.25, -0.2) is 0 Å². The van der Waals surface area contributed by atoms with Gasteiger partial charge in [0.05, 0.1) is 12.7 Å². The van der Waals surface area contributed by atoms with Crippen LogP contribution >= 0.6 is 0 Å². The molecule has 116 valence electrons. The Labute approximate surface area is 127 Å². The Kier molecular flexibility index (Phi) is 6.09. The number of benzene rings is 1. The molecule has 1 fully saturated rings. The van der Waals surface area contributed by atoms with Crippen LogP contribution in [0.2, 0.25) is 0 Å². The molecule has 0 spiro atoms. The normalized spacial score (nSPS) is 25.6. The molecule has 1 aliphatic rings. The van der Waals surface area contributed by atoms with E-state index in [-0.39, 0.29) is 0 Å². The molecule has 21 heavy (non-hydrogen) atoms. The molecule has 0 bridgehead atoms. The summed E-state index contributed by atoms with van der Waals surface area (Å²) in [5.41, 5.74) is 0.462. The summed E-state index contributed by atoms with van der Waals surface area (Å²) in [4.78, 5) is 0. The molecule has 2 N–H and O–H groups in total. The van der Waals surface area contributed by atoms with E-state index in [1.807, 2.05) is 0 Å². The standard InChI is InChI=1S/C16H25BO4/c1-12-9-13(2)11-16(10-12)21-8-7-20-15-5-3-14(4-6-15)17(18)19/h3-6,12-13,16,18-19H,7-11H2,1-2H3. The van der Waals surface area contributed by atoms with Crippen LogP contribution < -0.4 is 10.2 Å². The monoisotopic (exact) mass is 292 g/mol. The lowest BCUT2D eigenvalue weighted by atomic mass is 9.80. The van der Waals surface area contributed by atoms with Gasteiger partial charge in [-0.1, -0.05) is 26.0 Å². The highest BCUT2D eigenvalue weighted by Crippen LogP contribution is 2.30. The molecule has 1 aromatic rings. The van der Waals surface area contributed by atoms with Crippen molar-refractivity contribution >= 4 is 12.6 Å². The van der Waals surface area contributed by atoms with E-state index < -0.39 is 7.12 Å². The van der Waals surface area contributed by atoms with Crippen LogP contribution in [0.15, 0.2) is 24.3 Å². The third kappa shape index (κ3) is 5.34. The molecule has 2 unspecified atom stereocenters. The van der Waals surface area contributed by atoms with E-state index in [0.717, 1.165) is 24.7 Å². The highest BCUT2D eigenvalue weighted by Gasteiger charge is 2.24. The maximum Gasteiger partial charge on any atom is 0.488 e. The predicted molar refractivity (Wildman–Crippen MR) is 83.7 cm³/mol. The van der Waals surface area contributed by atoms with Gasteiger partial charge in [-0.2, -0.15) is 0 Å². The summed E-state index contributed by atoms with van der Waals surface area (Å²) in [6.45, 7) is 5.69. The van der Waals surface area contributed by atoms with Gasteiger partial charge in [0.2, 0.25) is 0 Å². The second kappa shape index (κ2) is 7.83. The summed E-state index contributed by atoms with van der Waals surface area (Å²) in [5.74, 6) is 2.21. The minimum absolute atomic E-state index is 0.360. The van der Waals surface area contributed by atoms with Crippen LogP contribution in [0, 0.1) is 11.8 Å². The number of hydrogen-bond donors (Lipinski definition) is 2. The van der Waals surface area contributed by atoms with Crippen LogP contribution in [-0.2, 0) is 4.74 Å². The quantitative estimate of drug-likeness (QED) is 0.617.